The maximum absolute atomic E-state index is 12.6. The zero-order chi connectivity index (χ0) is 16.3. The molecule has 0 aromatic carbocycles. The summed E-state index contributed by atoms with van der Waals surface area (Å²) in [5.74, 6) is 0. The second-order valence-electron chi connectivity index (χ2n) is 5.16. The van der Waals surface area contributed by atoms with Gasteiger partial charge in [-0.05, 0) is 18.9 Å². The fourth-order valence-corrected chi connectivity index (χ4v) is 2.40. The van der Waals surface area contributed by atoms with Crippen LogP contribution in [-0.2, 0) is 12.6 Å². The minimum atomic E-state index is -4.51. The summed E-state index contributed by atoms with van der Waals surface area (Å²) in [6, 6.07) is 0.662. The Bertz CT molecular complexity index is 600. The zero-order valence-corrected chi connectivity index (χ0v) is 11.6. The van der Waals surface area contributed by atoms with Crippen LogP contribution in [0.5, 0.6) is 0 Å². The number of pyridine rings is 1. The van der Waals surface area contributed by atoms with E-state index in [1.807, 2.05) is 0 Å². The van der Waals surface area contributed by atoms with Crippen molar-refractivity contribution < 1.29 is 23.1 Å². The van der Waals surface area contributed by atoms with Gasteiger partial charge in [-0.25, -0.2) is 4.79 Å². The number of hydrogen-bond donors (Lipinski definition) is 3. The normalized spacial score (nSPS) is 19.2. The van der Waals surface area contributed by atoms with Gasteiger partial charge in [0.25, 0.3) is 5.56 Å². The van der Waals surface area contributed by atoms with Gasteiger partial charge < -0.3 is 20.3 Å². The average molecular weight is 319 g/mol. The first-order valence-corrected chi connectivity index (χ1v) is 6.77. The molecule has 1 aromatic rings. The summed E-state index contributed by atoms with van der Waals surface area (Å²) >= 11 is 0. The van der Waals surface area contributed by atoms with Crippen molar-refractivity contribution in [1.29, 1.82) is 0 Å². The zero-order valence-electron chi connectivity index (χ0n) is 11.6. The third-order valence-electron chi connectivity index (χ3n) is 3.60. The number of nitrogens with one attached hydrogen (secondary N) is 2. The second kappa shape index (κ2) is 6.39. The number of carboxylic acid groups (broad SMARTS) is 1. The lowest BCUT2D eigenvalue weighted by molar-refractivity contribution is -0.137. The van der Waals surface area contributed by atoms with E-state index in [4.69, 9.17) is 5.11 Å². The fourth-order valence-electron chi connectivity index (χ4n) is 2.40. The fraction of sp³-hybridized carbons (Fsp3) is 0.538. The molecule has 0 bridgehead atoms. The van der Waals surface area contributed by atoms with E-state index in [2.05, 4.69) is 10.3 Å². The highest BCUT2D eigenvalue weighted by molar-refractivity contribution is 5.65. The van der Waals surface area contributed by atoms with Gasteiger partial charge >= 0.3 is 12.3 Å². The lowest BCUT2D eigenvalue weighted by atomic mass is 10.0. The number of nitrogens with zero attached hydrogens (tertiary/aromatic N) is 1. The number of aromatic nitrogens is 1. The molecule has 122 valence electrons. The summed E-state index contributed by atoms with van der Waals surface area (Å²) in [6.45, 7) is 1.11. The molecule has 1 aromatic heterocycles. The minimum absolute atomic E-state index is 0.0454. The number of carbonyl (C=O) groups is 1. The Morgan fingerprint density at radius 3 is 2.82 bits per heavy atom. The number of alkyl halides is 3. The van der Waals surface area contributed by atoms with Crippen molar-refractivity contribution in [1.82, 2.24) is 15.2 Å². The van der Waals surface area contributed by atoms with Gasteiger partial charge in [-0.3, -0.25) is 4.79 Å². The van der Waals surface area contributed by atoms with Crippen molar-refractivity contribution >= 4 is 6.09 Å². The van der Waals surface area contributed by atoms with Crippen molar-refractivity contribution in [3.8, 4) is 0 Å². The highest BCUT2D eigenvalue weighted by Crippen LogP contribution is 2.28. The molecule has 0 spiro atoms. The van der Waals surface area contributed by atoms with Gasteiger partial charge in [0.05, 0.1) is 5.56 Å². The summed E-state index contributed by atoms with van der Waals surface area (Å²) in [4.78, 5) is 25.8. The molecular formula is C13H16F3N3O3. The molecule has 3 N–H and O–H groups in total. The highest BCUT2D eigenvalue weighted by Gasteiger charge is 2.31. The largest absolute Gasteiger partial charge is 0.465 e. The van der Waals surface area contributed by atoms with Crippen LogP contribution in [-0.4, -0.2) is 46.8 Å². The molecular weight excluding hydrogens is 303 g/mol. The Morgan fingerprint density at radius 2 is 2.18 bits per heavy atom. The van der Waals surface area contributed by atoms with E-state index in [-0.39, 0.29) is 24.6 Å². The van der Waals surface area contributed by atoms with Gasteiger partial charge in [0.1, 0.15) is 0 Å². The van der Waals surface area contributed by atoms with Crippen molar-refractivity contribution in [2.24, 2.45) is 0 Å². The van der Waals surface area contributed by atoms with Crippen LogP contribution in [0.15, 0.2) is 17.1 Å². The molecule has 0 saturated carbocycles. The molecule has 1 amide bonds. The standard InChI is InChI=1S/C13H16F3N3O3/c14-13(15,16)9-5-8(11(20)18-6-9)1-2-10-7-19(12(21)22)4-3-17-10/h5-6,10,17H,1-4,7H2,(H,18,20)(H,21,22)/t10-/m1/s1. The summed E-state index contributed by atoms with van der Waals surface area (Å²) in [6.07, 6.45) is -4.36. The third kappa shape index (κ3) is 4.00. The second-order valence-corrected chi connectivity index (χ2v) is 5.16. The van der Waals surface area contributed by atoms with Crippen molar-refractivity contribution in [2.45, 2.75) is 25.1 Å². The first-order valence-electron chi connectivity index (χ1n) is 6.77. The monoisotopic (exact) mass is 319 g/mol. The van der Waals surface area contributed by atoms with Crippen LogP contribution >= 0.6 is 0 Å². The molecule has 2 heterocycles. The SMILES string of the molecule is O=C(O)N1CCN[C@H](CCc2cc(C(F)(F)F)c[nH]c2=O)C1. The first kappa shape index (κ1) is 16.3. The molecule has 0 unspecified atom stereocenters. The molecule has 2 rings (SSSR count). The molecule has 1 fully saturated rings. The van der Waals surface area contributed by atoms with E-state index in [1.165, 1.54) is 4.90 Å². The number of halogens is 3. The molecule has 0 radical (unpaired) electrons. The number of piperazine rings is 1. The van der Waals surface area contributed by atoms with E-state index in [1.54, 1.807) is 0 Å². The van der Waals surface area contributed by atoms with Crippen molar-refractivity contribution in [3.05, 3.63) is 33.7 Å². The first-order chi connectivity index (χ1) is 10.3. The maximum Gasteiger partial charge on any atom is 0.417 e. The van der Waals surface area contributed by atoms with Crippen LogP contribution in [0.2, 0.25) is 0 Å². The number of aromatic amines is 1. The summed E-state index contributed by atoms with van der Waals surface area (Å²) in [5, 5.41) is 12.0. The maximum atomic E-state index is 12.6. The molecule has 22 heavy (non-hydrogen) atoms. The Hall–Kier alpha value is -2.03. The van der Waals surface area contributed by atoms with Gasteiger partial charge in [-0.1, -0.05) is 0 Å². The van der Waals surface area contributed by atoms with E-state index in [0.29, 0.717) is 25.7 Å². The van der Waals surface area contributed by atoms with Crippen LogP contribution in [0.3, 0.4) is 0 Å². The summed E-state index contributed by atoms with van der Waals surface area (Å²) in [7, 11) is 0. The van der Waals surface area contributed by atoms with E-state index < -0.39 is 23.4 Å². The van der Waals surface area contributed by atoms with Gasteiger partial charge in [0, 0.05) is 37.4 Å². The topological polar surface area (TPSA) is 85.4 Å². The van der Waals surface area contributed by atoms with Crippen LogP contribution in [0.4, 0.5) is 18.0 Å². The summed E-state index contributed by atoms with van der Waals surface area (Å²) in [5.41, 5.74) is -1.41. The minimum Gasteiger partial charge on any atom is -0.465 e. The molecule has 1 atom stereocenters. The van der Waals surface area contributed by atoms with E-state index in [0.717, 1.165) is 6.07 Å². The van der Waals surface area contributed by atoms with E-state index >= 15 is 0 Å². The molecule has 1 aliphatic heterocycles. The Balaban J connectivity index is 2.02. The molecule has 1 saturated heterocycles. The summed E-state index contributed by atoms with van der Waals surface area (Å²) < 4.78 is 37.9. The van der Waals surface area contributed by atoms with Crippen molar-refractivity contribution in [3.63, 3.8) is 0 Å². The van der Waals surface area contributed by atoms with Crippen molar-refractivity contribution in [2.75, 3.05) is 19.6 Å². The number of H-pyrrole nitrogens is 1. The van der Waals surface area contributed by atoms with Gasteiger partial charge in [-0.15, -0.1) is 0 Å². The molecule has 0 aliphatic carbocycles. The predicted molar refractivity (Wildman–Crippen MR) is 71.8 cm³/mol. The molecule has 1 aliphatic rings. The highest BCUT2D eigenvalue weighted by atomic mass is 19.4. The third-order valence-corrected chi connectivity index (χ3v) is 3.60. The number of rotatable bonds is 3. The van der Waals surface area contributed by atoms with Gasteiger partial charge in [0.2, 0.25) is 0 Å². The van der Waals surface area contributed by atoms with Crippen LogP contribution in [0.25, 0.3) is 0 Å². The molecule has 6 nitrogen and oxygen atoms in total. The van der Waals surface area contributed by atoms with Crippen LogP contribution < -0.4 is 10.9 Å². The van der Waals surface area contributed by atoms with E-state index in [9.17, 15) is 22.8 Å². The molecule has 9 heteroatoms. The van der Waals surface area contributed by atoms with Gasteiger partial charge in [-0.2, -0.15) is 13.2 Å². The lowest BCUT2D eigenvalue weighted by Gasteiger charge is -2.31. The predicted octanol–water partition coefficient (Wildman–Crippen LogP) is 1.28. The van der Waals surface area contributed by atoms with Crippen LogP contribution in [0.1, 0.15) is 17.5 Å². The number of aryl methyl sites for hydroxylation is 1. The number of amides is 1. The van der Waals surface area contributed by atoms with Gasteiger partial charge in [0.15, 0.2) is 0 Å². The van der Waals surface area contributed by atoms with Crippen LogP contribution in [0, 0.1) is 0 Å². The average Bonchev–Trinajstić information content (AvgIpc) is 2.45. The Labute approximate surface area is 123 Å². The quantitative estimate of drug-likeness (QED) is 0.783. The number of hydrogen-bond acceptors (Lipinski definition) is 3. The smallest absolute Gasteiger partial charge is 0.417 e. The lowest BCUT2D eigenvalue weighted by Crippen LogP contribution is -2.52. The Morgan fingerprint density at radius 1 is 1.45 bits per heavy atom. The Kier molecular flexibility index (Phi) is 4.74.